The summed E-state index contributed by atoms with van der Waals surface area (Å²) in [5.41, 5.74) is -0.182. The van der Waals surface area contributed by atoms with Crippen LogP contribution in [0.25, 0.3) is 22.0 Å². The summed E-state index contributed by atoms with van der Waals surface area (Å²) < 4.78 is 0. The number of carbonyl (C=O) groups excluding carboxylic acids is 1. The number of carboxylic acid groups (broad SMARTS) is 1. The van der Waals surface area contributed by atoms with Crippen LogP contribution in [0.4, 0.5) is 0 Å². The van der Waals surface area contributed by atoms with Crippen LogP contribution in [0, 0.1) is 6.92 Å². The minimum atomic E-state index is -1.33. The molecule has 0 atom stereocenters. The third-order valence-corrected chi connectivity index (χ3v) is 4.43. The first-order chi connectivity index (χ1) is 10.9. The van der Waals surface area contributed by atoms with Crippen molar-refractivity contribution in [1.82, 2.24) is 9.97 Å². The quantitative estimate of drug-likeness (QED) is 0.789. The van der Waals surface area contributed by atoms with Gasteiger partial charge in [0.2, 0.25) is 0 Å². The third-order valence-electron chi connectivity index (χ3n) is 3.20. The van der Waals surface area contributed by atoms with Gasteiger partial charge >= 0.3 is 0 Å². The van der Waals surface area contributed by atoms with Gasteiger partial charge < -0.3 is 14.9 Å². The lowest BCUT2D eigenvalue weighted by Gasteiger charge is -2.05. The molecule has 3 aromatic rings. The SMILES string of the molecule is Cc1ccc(/C=C(\Cl)c2nc3cc(C(=O)[O-])ccc3c(=O)[nH]2)s1. The van der Waals surface area contributed by atoms with E-state index in [1.165, 1.54) is 18.2 Å². The van der Waals surface area contributed by atoms with Crippen molar-refractivity contribution in [2.45, 2.75) is 6.92 Å². The van der Waals surface area contributed by atoms with E-state index in [0.29, 0.717) is 0 Å². The molecule has 0 saturated carbocycles. The zero-order chi connectivity index (χ0) is 16.6. The van der Waals surface area contributed by atoms with E-state index in [1.54, 1.807) is 17.4 Å². The van der Waals surface area contributed by atoms with Crippen LogP contribution in [0.1, 0.15) is 25.9 Å². The molecule has 0 radical (unpaired) electrons. The number of benzene rings is 1. The van der Waals surface area contributed by atoms with Gasteiger partial charge in [0, 0.05) is 9.75 Å². The normalized spacial score (nSPS) is 11.8. The highest BCUT2D eigenvalue weighted by molar-refractivity contribution is 7.12. The number of aromatic nitrogens is 2. The van der Waals surface area contributed by atoms with Gasteiger partial charge in [-0.25, -0.2) is 4.98 Å². The Balaban J connectivity index is 2.12. The Morgan fingerprint density at radius 2 is 2.13 bits per heavy atom. The van der Waals surface area contributed by atoms with Crippen LogP contribution in [0.15, 0.2) is 35.1 Å². The number of halogens is 1. The lowest BCUT2D eigenvalue weighted by Crippen LogP contribution is -2.22. The highest BCUT2D eigenvalue weighted by Gasteiger charge is 2.08. The van der Waals surface area contributed by atoms with E-state index in [4.69, 9.17) is 11.6 Å². The number of aromatic amines is 1. The van der Waals surface area contributed by atoms with E-state index in [2.05, 4.69) is 9.97 Å². The van der Waals surface area contributed by atoms with Crippen molar-refractivity contribution < 1.29 is 9.90 Å². The number of hydrogen-bond donors (Lipinski definition) is 1. The first kappa shape index (κ1) is 15.5. The summed E-state index contributed by atoms with van der Waals surface area (Å²) in [5.74, 6) is -1.14. The van der Waals surface area contributed by atoms with Crippen molar-refractivity contribution in [3.63, 3.8) is 0 Å². The van der Waals surface area contributed by atoms with Crippen LogP contribution >= 0.6 is 22.9 Å². The second kappa shape index (κ2) is 5.98. The van der Waals surface area contributed by atoms with Crippen LogP contribution in [0.5, 0.6) is 0 Å². The fourth-order valence-electron chi connectivity index (χ4n) is 2.10. The molecule has 3 rings (SSSR count). The Kier molecular flexibility index (Phi) is 4.02. The largest absolute Gasteiger partial charge is 0.545 e. The minimum absolute atomic E-state index is 0.0458. The maximum Gasteiger partial charge on any atom is 0.259 e. The molecule has 5 nitrogen and oxygen atoms in total. The van der Waals surface area contributed by atoms with Crippen molar-refractivity contribution in [2.75, 3.05) is 0 Å². The predicted octanol–water partition coefficient (Wildman–Crippen LogP) is 2.39. The fraction of sp³-hybridized carbons (Fsp3) is 0.0625. The van der Waals surface area contributed by atoms with E-state index in [0.717, 1.165) is 9.75 Å². The molecule has 23 heavy (non-hydrogen) atoms. The molecular formula is C16H10ClN2O3S-. The van der Waals surface area contributed by atoms with Crippen molar-refractivity contribution in [1.29, 1.82) is 0 Å². The molecule has 0 aliphatic carbocycles. The molecule has 0 spiro atoms. The molecule has 116 valence electrons. The molecule has 0 saturated heterocycles. The van der Waals surface area contributed by atoms with Crippen molar-refractivity contribution >= 4 is 50.9 Å². The molecular weight excluding hydrogens is 336 g/mol. The summed E-state index contributed by atoms with van der Waals surface area (Å²) in [7, 11) is 0. The first-order valence-corrected chi connectivity index (χ1v) is 7.83. The number of nitrogens with one attached hydrogen (secondary N) is 1. The van der Waals surface area contributed by atoms with Gasteiger partial charge in [0.15, 0.2) is 5.82 Å². The van der Waals surface area contributed by atoms with Gasteiger partial charge in [-0.3, -0.25) is 4.79 Å². The van der Waals surface area contributed by atoms with Crippen LogP contribution in [0.3, 0.4) is 0 Å². The van der Waals surface area contributed by atoms with Crippen LogP contribution in [-0.2, 0) is 0 Å². The van der Waals surface area contributed by atoms with Crippen LogP contribution in [0.2, 0.25) is 0 Å². The molecule has 2 aromatic heterocycles. The Labute approximate surface area is 139 Å². The molecule has 1 aromatic carbocycles. The molecule has 0 fully saturated rings. The Bertz CT molecular complexity index is 1000. The standard InChI is InChI=1S/C16H11ClN2O3S/c1-8-2-4-10(23-8)7-12(17)14-18-13-6-9(16(21)22)3-5-11(13)15(20)19-14/h2-7H,1H3,(H,21,22)(H,18,19,20)/p-1/b12-7-. The highest BCUT2D eigenvalue weighted by Crippen LogP contribution is 2.24. The zero-order valence-electron chi connectivity index (χ0n) is 11.9. The van der Waals surface area contributed by atoms with Gasteiger partial charge in [0.25, 0.3) is 5.56 Å². The Hall–Kier alpha value is -2.44. The maximum atomic E-state index is 12.1. The van der Waals surface area contributed by atoms with Crippen LogP contribution in [-0.4, -0.2) is 15.9 Å². The topological polar surface area (TPSA) is 85.9 Å². The molecule has 2 heterocycles. The summed E-state index contributed by atoms with van der Waals surface area (Å²) in [4.78, 5) is 31.9. The lowest BCUT2D eigenvalue weighted by molar-refractivity contribution is -0.255. The number of aromatic carboxylic acids is 1. The summed E-state index contributed by atoms with van der Waals surface area (Å²) in [5, 5.41) is 11.5. The van der Waals surface area contributed by atoms with Gasteiger partial charge in [0.05, 0.1) is 21.9 Å². The van der Waals surface area contributed by atoms with Crippen molar-refractivity contribution in [3.05, 3.63) is 61.8 Å². The van der Waals surface area contributed by atoms with Gasteiger partial charge in [0.1, 0.15) is 0 Å². The van der Waals surface area contributed by atoms with Crippen molar-refractivity contribution in [2.24, 2.45) is 0 Å². The minimum Gasteiger partial charge on any atom is -0.545 e. The number of H-pyrrole nitrogens is 1. The third kappa shape index (κ3) is 3.18. The van der Waals surface area contributed by atoms with E-state index >= 15 is 0 Å². The zero-order valence-corrected chi connectivity index (χ0v) is 13.5. The van der Waals surface area contributed by atoms with Crippen molar-refractivity contribution in [3.8, 4) is 0 Å². The molecule has 0 amide bonds. The Morgan fingerprint density at radius 3 is 2.78 bits per heavy atom. The van der Waals surface area contributed by atoms with Gasteiger partial charge in [-0.1, -0.05) is 17.7 Å². The molecule has 0 bridgehead atoms. The number of thiophene rings is 1. The summed E-state index contributed by atoms with van der Waals surface area (Å²) >= 11 is 7.79. The maximum absolute atomic E-state index is 12.1. The van der Waals surface area contributed by atoms with E-state index < -0.39 is 5.97 Å². The number of carboxylic acids is 1. The number of nitrogens with zero attached hydrogens (tertiary/aromatic N) is 1. The number of hydrogen-bond acceptors (Lipinski definition) is 5. The second-order valence-electron chi connectivity index (χ2n) is 4.87. The second-order valence-corrected chi connectivity index (χ2v) is 6.60. The molecule has 0 aliphatic heterocycles. The molecule has 0 aliphatic rings. The fourth-order valence-corrected chi connectivity index (χ4v) is 3.20. The number of carbonyl (C=O) groups is 1. The molecule has 0 unspecified atom stereocenters. The lowest BCUT2D eigenvalue weighted by atomic mass is 10.1. The van der Waals surface area contributed by atoms with Gasteiger partial charge in [-0.2, -0.15) is 0 Å². The smallest absolute Gasteiger partial charge is 0.259 e. The van der Waals surface area contributed by atoms with E-state index in [-0.39, 0.29) is 32.9 Å². The Morgan fingerprint density at radius 1 is 1.35 bits per heavy atom. The van der Waals surface area contributed by atoms with Gasteiger partial charge in [-0.05, 0) is 42.8 Å². The monoisotopic (exact) mass is 345 g/mol. The van der Waals surface area contributed by atoms with E-state index in [9.17, 15) is 14.7 Å². The molecule has 7 heteroatoms. The summed E-state index contributed by atoms with van der Waals surface area (Å²) in [6.07, 6.45) is 1.70. The predicted molar refractivity (Wildman–Crippen MR) is 89.5 cm³/mol. The highest BCUT2D eigenvalue weighted by atomic mass is 35.5. The number of fused-ring (bicyclic) bond motifs is 1. The number of aryl methyl sites for hydroxylation is 1. The number of rotatable bonds is 3. The average Bonchev–Trinajstić information content (AvgIpc) is 2.91. The van der Waals surface area contributed by atoms with Gasteiger partial charge in [-0.15, -0.1) is 11.3 Å². The summed E-state index contributed by atoms with van der Waals surface area (Å²) in [6, 6.07) is 7.87. The first-order valence-electron chi connectivity index (χ1n) is 6.63. The van der Waals surface area contributed by atoms with Crippen LogP contribution < -0.4 is 10.7 Å². The average molecular weight is 346 g/mol. The summed E-state index contributed by atoms with van der Waals surface area (Å²) in [6.45, 7) is 1.98. The van der Waals surface area contributed by atoms with E-state index in [1.807, 2.05) is 19.1 Å². The molecule has 1 N–H and O–H groups in total.